The Hall–Kier alpha value is -1.91. The number of aliphatic hydroxyl groups is 1. The fraction of sp³-hybridized carbons (Fsp3) is 0.176. The molecule has 0 radical (unpaired) electrons. The van der Waals surface area contributed by atoms with Gasteiger partial charge in [0.1, 0.15) is 0 Å². The molecule has 0 bridgehead atoms. The van der Waals surface area contributed by atoms with Gasteiger partial charge in [-0.1, -0.05) is 36.4 Å². The van der Waals surface area contributed by atoms with Gasteiger partial charge in [-0.2, -0.15) is 0 Å². The van der Waals surface area contributed by atoms with E-state index in [1.54, 1.807) is 36.4 Å². The predicted molar refractivity (Wildman–Crippen MR) is 82.2 cm³/mol. The van der Waals surface area contributed by atoms with Crippen LogP contribution in [0.1, 0.15) is 38.3 Å². The molecule has 0 unspecified atom stereocenters. The number of hydrogen-bond acceptors (Lipinski definition) is 4. The zero-order valence-corrected chi connectivity index (χ0v) is 12.2. The highest BCUT2D eigenvalue weighted by Crippen LogP contribution is 2.34. The van der Waals surface area contributed by atoms with Gasteiger partial charge >= 0.3 is 0 Å². The molecule has 1 N–H and O–H groups in total. The molecule has 0 aliphatic heterocycles. The first-order valence-electron chi connectivity index (χ1n) is 6.79. The van der Waals surface area contributed by atoms with Crippen molar-refractivity contribution in [3.8, 4) is 0 Å². The molecule has 1 aliphatic rings. The molecule has 1 aliphatic carbocycles. The lowest BCUT2D eigenvalue weighted by atomic mass is 9.84. The summed E-state index contributed by atoms with van der Waals surface area (Å²) >= 11 is 1.51. The van der Waals surface area contributed by atoms with Crippen LogP contribution in [0.3, 0.4) is 0 Å². The van der Waals surface area contributed by atoms with Crippen LogP contribution in [0, 0.1) is 0 Å². The molecule has 0 aromatic heterocycles. The first-order valence-corrected chi connectivity index (χ1v) is 7.77. The van der Waals surface area contributed by atoms with Gasteiger partial charge in [-0.15, -0.1) is 11.8 Å². The molecule has 2 aromatic carbocycles. The van der Waals surface area contributed by atoms with Crippen molar-refractivity contribution < 1.29 is 14.7 Å². The second-order valence-corrected chi connectivity index (χ2v) is 5.94. The maximum atomic E-state index is 12.7. The standard InChI is InChI=1S/C17H14O3S/c18-9-4-10-21-14-8-3-7-13-15(14)17(20)12-6-2-1-5-11(12)16(13)19/h1-3,5-8,18H,4,9-10H2. The first-order chi connectivity index (χ1) is 10.2. The Bertz CT molecular complexity index is 722. The number of fused-ring (bicyclic) bond motifs is 2. The Balaban J connectivity index is 2.08. The summed E-state index contributed by atoms with van der Waals surface area (Å²) in [6.45, 7) is 0.123. The molecule has 21 heavy (non-hydrogen) atoms. The second kappa shape index (κ2) is 5.84. The zero-order valence-electron chi connectivity index (χ0n) is 11.3. The Morgan fingerprint density at radius 2 is 1.52 bits per heavy atom. The zero-order chi connectivity index (χ0) is 14.8. The molecule has 0 amide bonds. The Morgan fingerprint density at radius 3 is 2.24 bits per heavy atom. The minimum absolute atomic E-state index is 0.0905. The summed E-state index contributed by atoms with van der Waals surface area (Å²) in [5.41, 5.74) is 1.94. The van der Waals surface area contributed by atoms with Crippen LogP contribution < -0.4 is 0 Å². The van der Waals surface area contributed by atoms with Gasteiger partial charge in [0.2, 0.25) is 0 Å². The predicted octanol–water partition coefficient (Wildman–Crippen LogP) is 2.94. The molecular weight excluding hydrogens is 284 g/mol. The fourth-order valence-corrected chi connectivity index (χ4v) is 3.50. The van der Waals surface area contributed by atoms with E-state index in [-0.39, 0.29) is 18.2 Å². The molecule has 0 fully saturated rings. The van der Waals surface area contributed by atoms with E-state index in [4.69, 9.17) is 5.11 Å². The Morgan fingerprint density at radius 1 is 0.857 bits per heavy atom. The lowest BCUT2D eigenvalue weighted by molar-refractivity contribution is 0.0977. The summed E-state index contributed by atoms with van der Waals surface area (Å²) in [5.74, 6) is 0.535. The molecule has 3 nitrogen and oxygen atoms in total. The van der Waals surface area contributed by atoms with E-state index in [9.17, 15) is 9.59 Å². The van der Waals surface area contributed by atoms with Gasteiger partial charge in [-0.25, -0.2) is 0 Å². The second-order valence-electron chi connectivity index (χ2n) is 4.81. The van der Waals surface area contributed by atoms with Crippen LogP contribution in [0.5, 0.6) is 0 Å². The van der Waals surface area contributed by atoms with Gasteiger partial charge in [0.15, 0.2) is 11.6 Å². The van der Waals surface area contributed by atoms with Crippen molar-refractivity contribution in [1.82, 2.24) is 0 Å². The van der Waals surface area contributed by atoms with Crippen LogP contribution in [0.25, 0.3) is 0 Å². The normalized spacial score (nSPS) is 13.0. The molecule has 0 atom stereocenters. The lowest BCUT2D eigenvalue weighted by Crippen LogP contribution is -2.21. The highest BCUT2D eigenvalue weighted by Gasteiger charge is 2.31. The van der Waals surface area contributed by atoms with Crippen LogP contribution in [-0.2, 0) is 0 Å². The van der Waals surface area contributed by atoms with Gasteiger partial charge in [0.25, 0.3) is 0 Å². The van der Waals surface area contributed by atoms with E-state index in [1.807, 2.05) is 6.07 Å². The smallest absolute Gasteiger partial charge is 0.195 e. The number of thioether (sulfide) groups is 1. The summed E-state index contributed by atoms with van der Waals surface area (Å²) in [5, 5.41) is 8.87. The number of ketones is 2. The van der Waals surface area contributed by atoms with E-state index in [0.29, 0.717) is 28.7 Å². The molecular formula is C17H14O3S. The molecule has 4 heteroatoms. The van der Waals surface area contributed by atoms with Gasteiger partial charge in [0.05, 0.1) is 0 Å². The van der Waals surface area contributed by atoms with Crippen molar-refractivity contribution in [2.45, 2.75) is 11.3 Å². The molecule has 2 aromatic rings. The number of rotatable bonds is 4. The van der Waals surface area contributed by atoms with Crippen LogP contribution in [0.4, 0.5) is 0 Å². The van der Waals surface area contributed by atoms with E-state index in [1.165, 1.54) is 11.8 Å². The number of carbonyl (C=O) groups excluding carboxylic acids is 2. The summed E-state index contributed by atoms with van der Waals surface area (Å²) in [6, 6.07) is 12.3. The first kappa shape index (κ1) is 14.0. The van der Waals surface area contributed by atoms with E-state index in [2.05, 4.69) is 0 Å². The van der Waals surface area contributed by atoms with Crippen molar-refractivity contribution >= 4 is 23.3 Å². The van der Waals surface area contributed by atoms with Crippen LogP contribution in [-0.4, -0.2) is 29.0 Å². The minimum Gasteiger partial charge on any atom is -0.396 e. The maximum absolute atomic E-state index is 12.7. The third-order valence-electron chi connectivity index (χ3n) is 3.47. The van der Waals surface area contributed by atoms with Crippen molar-refractivity contribution in [3.63, 3.8) is 0 Å². The minimum atomic E-state index is -0.0928. The van der Waals surface area contributed by atoms with Crippen LogP contribution in [0.2, 0.25) is 0 Å². The summed E-state index contributed by atoms with van der Waals surface area (Å²) < 4.78 is 0. The van der Waals surface area contributed by atoms with Gasteiger partial charge in [0, 0.05) is 39.5 Å². The Kier molecular flexibility index (Phi) is 3.90. The third-order valence-corrected chi connectivity index (χ3v) is 4.62. The molecule has 0 spiro atoms. The van der Waals surface area contributed by atoms with Crippen molar-refractivity contribution in [2.24, 2.45) is 0 Å². The van der Waals surface area contributed by atoms with Crippen molar-refractivity contribution in [3.05, 3.63) is 64.7 Å². The van der Waals surface area contributed by atoms with E-state index >= 15 is 0 Å². The molecule has 0 saturated heterocycles. The van der Waals surface area contributed by atoms with E-state index < -0.39 is 0 Å². The average molecular weight is 298 g/mol. The summed E-state index contributed by atoms with van der Waals surface area (Å²) in [4.78, 5) is 26.0. The fourth-order valence-electron chi connectivity index (χ4n) is 2.48. The molecule has 106 valence electrons. The van der Waals surface area contributed by atoms with E-state index in [0.717, 1.165) is 10.6 Å². The summed E-state index contributed by atoms with van der Waals surface area (Å²) in [6.07, 6.45) is 0.660. The molecule has 0 heterocycles. The van der Waals surface area contributed by atoms with Gasteiger partial charge < -0.3 is 5.11 Å². The van der Waals surface area contributed by atoms with Crippen LogP contribution >= 0.6 is 11.8 Å². The highest BCUT2D eigenvalue weighted by molar-refractivity contribution is 7.99. The Labute approximate surface area is 127 Å². The average Bonchev–Trinajstić information content (AvgIpc) is 2.53. The largest absolute Gasteiger partial charge is 0.396 e. The SMILES string of the molecule is O=C1c2ccccc2C(=O)c2c(SCCCO)cccc21. The lowest BCUT2D eigenvalue weighted by Gasteiger charge is -2.19. The van der Waals surface area contributed by atoms with Gasteiger partial charge in [-0.3, -0.25) is 9.59 Å². The maximum Gasteiger partial charge on any atom is 0.195 e. The number of carbonyl (C=O) groups is 2. The topological polar surface area (TPSA) is 54.4 Å². The van der Waals surface area contributed by atoms with Crippen molar-refractivity contribution in [2.75, 3.05) is 12.4 Å². The molecule has 0 saturated carbocycles. The third kappa shape index (κ3) is 2.41. The summed E-state index contributed by atoms with van der Waals surface area (Å²) in [7, 11) is 0. The van der Waals surface area contributed by atoms with Crippen LogP contribution in [0.15, 0.2) is 47.4 Å². The number of benzene rings is 2. The van der Waals surface area contributed by atoms with Crippen molar-refractivity contribution in [1.29, 1.82) is 0 Å². The number of aliphatic hydroxyl groups excluding tert-OH is 1. The molecule has 3 rings (SSSR count). The monoisotopic (exact) mass is 298 g/mol. The quantitative estimate of drug-likeness (QED) is 0.594. The number of hydrogen-bond donors (Lipinski definition) is 1. The highest BCUT2D eigenvalue weighted by atomic mass is 32.2. The van der Waals surface area contributed by atoms with Gasteiger partial charge in [-0.05, 0) is 12.5 Å².